The molecule has 0 aliphatic rings. The number of hydrogen-bond acceptors (Lipinski definition) is 2. The maximum absolute atomic E-state index is 6.03. The van der Waals surface area contributed by atoms with Crippen LogP contribution >= 0.6 is 23.2 Å². The number of nitrogens with zero attached hydrogens (tertiary/aromatic N) is 1. The van der Waals surface area contributed by atoms with Crippen molar-refractivity contribution in [1.29, 1.82) is 0 Å². The first-order valence-corrected chi connectivity index (χ1v) is 6.08. The van der Waals surface area contributed by atoms with Gasteiger partial charge in [-0.3, -0.25) is 0 Å². The molecular formula is C13H11Cl2NO. The predicted octanol–water partition coefficient (Wildman–Crippen LogP) is 4.05. The summed E-state index contributed by atoms with van der Waals surface area (Å²) in [6.07, 6.45) is 1.67. The monoisotopic (exact) mass is 267 g/mol. The standard InChI is InChI=1S/C13H11Cl2NO/c14-7-11-6-12(15)13(16-8-11)17-9-10-4-2-1-3-5-10/h1-6,8H,7,9H2. The molecule has 0 atom stereocenters. The summed E-state index contributed by atoms with van der Waals surface area (Å²) in [5, 5.41) is 0.485. The SMILES string of the molecule is ClCc1cnc(OCc2ccccc2)c(Cl)c1. The lowest BCUT2D eigenvalue weighted by atomic mass is 10.2. The van der Waals surface area contributed by atoms with Gasteiger partial charge in [-0.25, -0.2) is 4.98 Å². The van der Waals surface area contributed by atoms with Crippen LogP contribution in [0.3, 0.4) is 0 Å². The van der Waals surface area contributed by atoms with E-state index in [1.54, 1.807) is 12.3 Å². The Labute approximate surface area is 110 Å². The van der Waals surface area contributed by atoms with Crippen molar-refractivity contribution >= 4 is 23.2 Å². The first-order valence-electron chi connectivity index (χ1n) is 5.16. The van der Waals surface area contributed by atoms with Gasteiger partial charge in [0.2, 0.25) is 5.88 Å². The van der Waals surface area contributed by atoms with Crippen molar-refractivity contribution in [3.63, 3.8) is 0 Å². The second-order valence-electron chi connectivity index (χ2n) is 3.54. The third-order valence-electron chi connectivity index (χ3n) is 2.24. The van der Waals surface area contributed by atoms with Crippen molar-refractivity contribution in [1.82, 2.24) is 4.98 Å². The molecule has 1 heterocycles. The highest BCUT2D eigenvalue weighted by Gasteiger charge is 2.04. The molecule has 0 saturated carbocycles. The molecule has 2 rings (SSSR count). The van der Waals surface area contributed by atoms with Gasteiger partial charge in [0.25, 0.3) is 0 Å². The van der Waals surface area contributed by atoms with E-state index in [0.29, 0.717) is 23.4 Å². The summed E-state index contributed by atoms with van der Waals surface area (Å²) < 4.78 is 5.54. The average molecular weight is 268 g/mol. The Kier molecular flexibility index (Phi) is 4.24. The van der Waals surface area contributed by atoms with Gasteiger partial charge in [-0.2, -0.15) is 0 Å². The van der Waals surface area contributed by atoms with Gasteiger partial charge in [0.1, 0.15) is 11.6 Å². The van der Waals surface area contributed by atoms with Gasteiger partial charge in [-0.05, 0) is 17.2 Å². The molecule has 17 heavy (non-hydrogen) atoms. The summed E-state index contributed by atoms with van der Waals surface area (Å²) >= 11 is 11.7. The minimum absolute atomic E-state index is 0.395. The molecule has 0 aliphatic carbocycles. The molecule has 0 saturated heterocycles. The minimum Gasteiger partial charge on any atom is -0.472 e. The molecule has 0 radical (unpaired) electrons. The summed E-state index contributed by atoms with van der Waals surface area (Å²) in [6, 6.07) is 11.6. The van der Waals surface area contributed by atoms with E-state index in [1.165, 1.54) is 0 Å². The van der Waals surface area contributed by atoms with E-state index in [1.807, 2.05) is 30.3 Å². The van der Waals surface area contributed by atoms with Crippen LogP contribution in [0.1, 0.15) is 11.1 Å². The molecule has 88 valence electrons. The number of ether oxygens (including phenoxy) is 1. The highest BCUT2D eigenvalue weighted by molar-refractivity contribution is 6.32. The van der Waals surface area contributed by atoms with E-state index in [2.05, 4.69) is 4.98 Å². The number of alkyl halides is 1. The van der Waals surface area contributed by atoms with E-state index in [-0.39, 0.29) is 0 Å². The number of rotatable bonds is 4. The molecule has 0 bridgehead atoms. The van der Waals surface area contributed by atoms with Crippen molar-refractivity contribution in [2.75, 3.05) is 0 Å². The highest BCUT2D eigenvalue weighted by Crippen LogP contribution is 2.23. The molecule has 0 spiro atoms. The number of hydrogen-bond donors (Lipinski definition) is 0. The van der Waals surface area contributed by atoms with Gasteiger partial charge in [0.15, 0.2) is 0 Å². The van der Waals surface area contributed by atoms with E-state index >= 15 is 0 Å². The second-order valence-corrected chi connectivity index (χ2v) is 4.21. The van der Waals surface area contributed by atoms with Crippen molar-refractivity contribution in [2.45, 2.75) is 12.5 Å². The van der Waals surface area contributed by atoms with Crippen LogP contribution in [-0.2, 0) is 12.5 Å². The Bertz CT molecular complexity index is 488. The molecule has 4 heteroatoms. The van der Waals surface area contributed by atoms with Gasteiger partial charge in [-0.15, -0.1) is 11.6 Å². The first kappa shape index (κ1) is 12.2. The van der Waals surface area contributed by atoms with Crippen LogP contribution in [-0.4, -0.2) is 4.98 Å². The Morgan fingerprint density at radius 2 is 1.88 bits per heavy atom. The highest BCUT2D eigenvalue weighted by atomic mass is 35.5. The number of pyridine rings is 1. The average Bonchev–Trinajstić information content (AvgIpc) is 2.38. The quantitative estimate of drug-likeness (QED) is 0.780. The number of halogens is 2. The van der Waals surface area contributed by atoms with Crippen molar-refractivity contribution in [2.24, 2.45) is 0 Å². The summed E-state index contributed by atoms with van der Waals surface area (Å²) in [5.41, 5.74) is 1.95. The Balaban J connectivity index is 2.04. The van der Waals surface area contributed by atoms with Crippen LogP contribution in [0.2, 0.25) is 5.02 Å². The van der Waals surface area contributed by atoms with Gasteiger partial charge < -0.3 is 4.74 Å². The van der Waals surface area contributed by atoms with Gasteiger partial charge in [0.05, 0.1) is 0 Å². The lowest BCUT2D eigenvalue weighted by Gasteiger charge is -2.07. The zero-order chi connectivity index (χ0) is 12.1. The maximum Gasteiger partial charge on any atom is 0.232 e. The van der Waals surface area contributed by atoms with Crippen molar-refractivity contribution in [3.05, 3.63) is 58.7 Å². The molecule has 1 aromatic carbocycles. The topological polar surface area (TPSA) is 22.1 Å². The molecule has 2 nitrogen and oxygen atoms in total. The van der Waals surface area contributed by atoms with Crippen LogP contribution in [0.5, 0.6) is 5.88 Å². The largest absolute Gasteiger partial charge is 0.472 e. The van der Waals surface area contributed by atoms with Crippen LogP contribution in [0, 0.1) is 0 Å². The lowest BCUT2D eigenvalue weighted by molar-refractivity contribution is 0.294. The summed E-state index contributed by atoms with van der Waals surface area (Å²) in [4.78, 5) is 4.13. The van der Waals surface area contributed by atoms with Crippen LogP contribution in [0.15, 0.2) is 42.6 Å². The molecule has 1 aromatic heterocycles. The van der Waals surface area contributed by atoms with Crippen LogP contribution < -0.4 is 4.74 Å². The number of benzene rings is 1. The molecule has 0 amide bonds. The lowest BCUT2D eigenvalue weighted by Crippen LogP contribution is -1.98. The zero-order valence-electron chi connectivity index (χ0n) is 9.07. The van der Waals surface area contributed by atoms with E-state index in [9.17, 15) is 0 Å². The Hall–Kier alpha value is -1.25. The summed E-state index contributed by atoms with van der Waals surface area (Å²) in [5.74, 6) is 0.829. The fraction of sp³-hybridized carbons (Fsp3) is 0.154. The van der Waals surface area contributed by atoms with Crippen LogP contribution in [0.25, 0.3) is 0 Å². The zero-order valence-corrected chi connectivity index (χ0v) is 10.6. The molecule has 2 aromatic rings. The fourth-order valence-electron chi connectivity index (χ4n) is 1.37. The van der Waals surface area contributed by atoms with Gasteiger partial charge in [0, 0.05) is 12.1 Å². The van der Waals surface area contributed by atoms with E-state index in [0.717, 1.165) is 11.1 Å². The van der Waals surface area contributed by atoms with E-state index in [4.69, 9.17) is 27.9 Å². The summed E-state index contributed by atoms with van der Waals surface area (Å²) in [6.45, 7) is 0.452. The van der Waals surface area contributed by atoms with Gasteiger partial charge in [-0.1, -0.05) is 41.9 Å². The Morgan fingerprint density at radius 1 is 1.12 bits per heavy atom. The number of aromatic nitrogens is 1. The fourth-order valence-corrected chi connectivity index (χ4v) is 1.76. The molecule has 0 N–H and O–H groups in total. The summed E-state index contributed by atoms with van der Waals surface area (Å²) in [7, 11) is 0. The molecule has 0 aliphatic heterocycles. The predicted molar refractivity (Wildman–Crippen MR) is 69.6 cm³/mol. The minimum atomic E-state index is 0.395. The maximum atomic E-state index is 6.03. The molecular weight excluding hydrogens is 257 g/mol. The smallest absolute Gasteiger partial charge is 0.232 e. The van der Waals surface area contributed by atoms with Crippen molar-refractivity contribution in [3.8, 4) is 5.88 Å². The third kappa shape index (κ3) is 3.35. The Morgan fingerprint density at radius 3 is 2.53 bits per heavy atom. The third-order valence-corrected chi connectivity index (χ3v) is 2.82. The molecule has 0 unspecified atom stereocenters. The van der Waals surface area contributed by atoms with Gasteiger partial charge >= 0.3 is 0 Å². The van der Waals surface area contributed by atoms with Crippen LogP contribution in [0.4, 0.5) is 0 Å². The normalized spacial score (nSPS) is 10.2. The second kappa shape index (κ2) is 5.89. The van der Waals surface area contributed by atoms with E-state index < -0.39 is 0 Å². The van der Waals surface area contributed by atoms with Crippen molar-refractivity contribution < 1.29 is 4.74 Å². The molecule has 0 fully saturated rings. The first-order chi connectivity index (χ1) is 8.29.